The van der Waals surface area contributed by atoms with Gasteiger partial charge >= 0.3 is 5.97 Å². The molecule has 0 spiro atoms. The maximum atomic E-state index is 12.7. The van der Waals surface area contributed by atoms with Crippen molar-refractivity contribution < 1.29 is 19.1 Å². The molecule has 0 aromatic heterocycles. The maximum Gasteiger partial charge on any atom is 0.309 e. The molecule has 1 saturated carbocycles. The maximum absolute atomic E-state index is 12.7. The quantitative estimate of drug-likeness (QED) is 0.596. The largest absolute Gasteiger partial charge is 0.465 e. The minimum absolute atomic E-state index is 0.00638. The Bertz CT molecular complexity index is 554. The van der Waals surface area contributed by atoms with Gasteiger partial charge in [0.25, 0.3) is 0 Å². The molecule has 6 nitrogen and oxygen atoms in total. The number of hydrogen-bond donors (Lipinski definition) is 2. The van der Waals surface area contributed by atoms with Gasteiger partial charge in [0, 0.05) is 12.5 Å². The third kappa shape index (κ3) is 6.65. The van der Waals surface area contributed by atoms with Gasteiger partial charge in [-0.1, -0.05) is 25.2 Å². The first-order valence-electron chi connectivity index (χ1n) is 9.54. The van der Waals surface area contributed by atoms with Crippen LogP contribution in [0.3, 0.4) is 0 Å². The van der Waals surface area contributed by atoms with E-state index in [-0.39, 0.29) is 36.2 Å². The number of ether oxygens (including phenoxy) is 1. The lowest BCUT2D eigenvalue weighted by Gasteiger charge is -2.26. The minimum atomic E-state index is -0.594. The van der Waals surface area contributed by atoms with Gasteiger partial charge in [-0.2, -0.15) is 0 Å². The first-order chi connectivity index (χ1) is 12.5. The molecule has 1 aliphatic carbocycles. The lowest BCUT2D eigenvalue weighted by molar-refractivity contribution is -0.142. The van der Waals surface area contributed by atoms with Gasteiger partial charge < -0.3 is 15.4 Å². The zero-order chi connectivity index (χ0) is 18.9. The molecule has 6 heteroatoms. The van der Waals surface area contributed by atoms with Gasteiger partial charge in [0.2, 0.25) is 11.8 Å². The molecule has 0 unspecified atom stereocenters. The van der Waals surface area contributed by atoms with E-state index in [1.54, 1.807) is 6.08 Å². The third-order valence-electron chi connectivity index (χ3n) is 4.84. The molecule has 2 amide bonds. The van der Waals surface area contributed by atoms with E-state index in [9.17, 15) is 14.4 Å². The van der Waals surface area contributed by atoms with Gasteiger partial charge in [-0.15, -0.1) is 6.58 Å². The van der Waals surface area contributed by atoms with E-state index < -0.39 is 6.04 Å². The van der Waals surface area contributed by atoms with E-state index >= 15 is 0 Å². The van der Waals surface area contributed by atoms with Crippen LogP contribution >= 0.6 is 0 Å². The highest BCUT2D eigenvalue weighted by atomic mass is 16.5. The van der Waals surface area contributed by atoms with E-state index in [4.69, 9.17) is 4.74 Å². The van der Waals surface area contributed by atoms with Crippen LogP contribution in [-0.2, 0) is 19.1 Å². The summed E-state index contributed by atoms with van der Waals surface area (Å²) in [6.45, 7) is 6.04. The molecule has 2 N–H and O–H groups in total. The summed E-state index contributed by atoms with van der Waals surface area (Å²) in [5.41, 5.74) is 0. The number of esters is 1. The van der Waals surface area contributed by atoms with E-state index in [1.807, 2.05) is 19.1 Å². The number of hydrogen-bond acceptors (Lipinski definition) is 4. The topological polar surface area (TPSA) is 84.5 Å². The van der Waals surface area contributed by atoms with Crippen molar-refractivity contribution in [3.63, 3.8) is 0 Å². The number of cyclic esters (lactones) is 1. The Labute approximate surface area is 155 Å². The van der Waals surface area contributed by atoms with Gasteiger partial charge in [-0.25, -0.2) is 0 Å². The zero-order valence-corrected chi connectivity index (χ0v) is 15.5. The molecule has 0 aromatic rings. The van der Waals surface area contributed by atoms with E-state index in [0.29, 0.717) is 38.2 Å². The molecule has 0 saturated heterocycles. The highest BCUT2D eigenvalue weighted by Crippen LogP contribution is 2.36. The van der Waals surface area contributed by atoms with Crippen LogP contribution in [0.5, 0.6) is 0 Å². The van der Waals surface area contributed by atoms with Crippen LogP contribution in [0, 0.1) is 11.8 Å². The molecule has 2 aliphatic rings. The summed E-state index contributed by atoms with van der Waals surface area (Å²) in [5, 5.41) is 5.91. The first kappa shape index (κ1) is 20.2. The second-order valence-corrected chi connectivity index (χ2v) is 7.19. The molecule has 1 aliphatic heterocycles. The summed E-state index contributed by atoms with van der Waals surface area (Å²) in [6, 6.07) is -0.588. The Hall–Kier alpha value is -2.11. The van der Waals surface area contributed by atoms with Crippen molar-refractivity contribution in [2.75, 3.05) is 6.61 Å². The number of carbonyl (C=O) groups excluding carboxylic acids is 3. The van der Waals surface area contributed by atoms with E-state index in [2.05, 4.69) is 17.2 Å². The summed E-state index contributed by atoms with van der Waals surface area (Å²) in [6.07, 6.45) is 9.79. The molecular weight excluding hydrogens is 332 g/mol. The number of nitrogens with one attached hydrogen (secondary N) is 2. The summed E-state index contributed by atoms with van der Waals surface area (Å²) < 4.78 is 5.17. The smallest absolute Gasteiger partial charge is 0.309 e. The first-order valence-corrected chi connectivity index (χ1v) is 9.54. The SMILES string of the molecule is C=CC[C@@H]1NC(=O)CCCCOC(=O)C/C=C/[C@@H](C)[C@@H](C2CC2)NC1=O. The molecular formula is C20H30N2O4. The average Bonchev–Trinajstić information content (AvgIpc) is 3.42. The molecule has 0 aromatic carbocycles. The minimum Gasteiger partial charge on any atom is -0.465 e. The molecule has 1 fully saturated rings. The van der Waals surface area contributed by atoms with Crippen LogP contribution < -0.4 is 10.6 Å². The Kier molecular flexibility index (Phi) is 7.88. The van der Waals surface area contributed by atoms with E-state index in [1.165, 1.54) is 0 Å². The summed E-state index contributed by atoms with van der Waals surface area (Å²) in [7, 11) is 0. The van der Waals surface area contributed by atoms with Gasteiger partial charge in [0.1, 0.15) is 6.04 Å². The number of amides is 2. The van der Waals surface area contributed by atoms with Crippen LogP contribution in [0.4, 0.5) is 0 Å². The van der Waals surface area contributed by atoms with Crippen molar-refractivity contribution in [2.45, 2.75) is 64.0 Å². The monoisotopic (exact) mass is 362 g/mol. The van der Waals surface area contributed by atoms with E-state index in [0.717, 1.165) is 12.8 Å². The zero-order valence-electron chi connectivity index (χ0n) is 15.5. The van der Waals surface area contributed by atoms with Gasteiger partial charge in [0.05, 0.1) is 13.0 Å². The predicted octanol–water partition coefficient (Wildman–Crippen LogP) is 2.25. The third-order valence-corrected chi connectivity index (χ3v) is 4.84. The van der Waals surface area contributed by atoms with Crippen LogP contribution in [0.15, 0.2) is 24.8 Å². The average molecular weight is 362 g/mol. The second kappa shape index (κ2) is 10.1. The van der Waals surface area contributed by atoms with Crippen molar-refractivity contribution >= 4 is 17.8 Å². The normalized spacial score (nSPS) is 30.7. The van der Waals surface area contributed by atoms with Crippen molar-refractivity contribution in [3.8, 4) is 0 Å². The van der Waals surface area contributed by atoms with Crippen molar-refractivity contribution in [2.24, 2.45) is 11.8 Å². The Balaban J connectivity index is 2.11. The molecule has 1 heterocycles. The van der Waals surface area contributed by atoms with Crippen molar-refractivity contribution in [1.29, 1.82) is 0 Å². The molecule has 0 radical (unpaired) electrons. The Morgan fingerprint density at radius 3 is 2.69 bits per heavy atom. The molecule has 2 rings (SSSR count). The van der Waals surface area contributed by atoms with Crippen LogP contribution in [0.1, 0.15) is 51.9 Å². The van der Waals surface area contributed by atoms with Crippen LogP contribution in [0.25, 0.3) is 0 Å². The number of carbonyl (C=O) groups is 3. The lowest BCUT2D eigenvalue weighted by Crippen LogP contribution is -2.51. The molecule has 26 heavy (non-hydrogen) atoms. The number of rotatable bonds is 3. The molecule has 3 atom stereocenters. The van der Waals surface area contributed by atoms with Crippen LogP contribution in [0.2, 0.25) is 0 Å². The summed E-state index contributed by atoms with van der Waals surface area (Å²) in [5.74, 6) is -0.0388. The highest BCUT2D eigenvalue weighted by molar-refractivity contribution is 5.88. The fourth-order valence-electron chi connectivity index (χ4n) is 3.19. The van der Waals surface area contributed by atoms with Crippen molar-refractivity contribution in [3.05, 3.63) is 24.8 Å². The highest BCUT2D eigenvalue weighted by Gasteiger charge is 2.36. The predicted molar refractivity (Wildman–Crippen MR) is 99.1 cm³/mol. The second-order valence-electron chi connectivity index (χ2n) is 7.19. The molecule has 144 valence electrons. The molecule has 0 bridgehead atoms. The Morgan fingerprint density at radius 1 is 1.23 bits per heavy atom. The lowest BCUT2D eigenvalue weighted by atomic mass is 9.96. The standard InChI is InChI=1S/C20H30N2O4/c1-3-7-16-20(25)22-19(15-11-12-15)14(2)8-6-10-18(24)26-13-5-4-9-17(23)21-16/h3,6,8,14-16,19H,1,4-5,7,9-13H2,2H3,(H,21,23)(H,22,25)/b8-6+/t14-,16+,19+/m1/s1. The summed E-state index contributed by atoms with van der Waals surface area (Å²) >= 11 is 0. The van der Waals surface area contributed by atoms with Gasteiger partial charge in [-0.05, 0) is 43.9 Å². The van der Waals surface area contributed by atoms with Crippen molar-refractivity contribution in [1.82, 2.24) is 10.6 Å². The summed E-state index contributed by atoms with van der Waals surface area (Å²) in [4.78, 5) is 36.5. The van der Waals surface area contributed by atoms with Crippen LogP contribution in [-0.4, -0.2) is 36.5 Å². The van der Waals surface area contributed by atoms with Gasteiger partial charge in [-0.3, -0.25) is 14.4 Å². The Morgan fingerprint density at radius 2 is 2.00 bits per heavy atom. The van der Waals surface area contributed by atoms with Gasteiger partial charge in [0.15, 0.2) is 0 Å². The fourth-order valence-corrected chi connectivity index (χ4v) is 3.19. The fraction of sp³-hybridized carbons (Fsp3) is 0.650.